The summed E-state index contributed by atoms with van der Waals surface area (Å²) in [5, 5.41) is 8.48. The van der Waals surface area contributed by atoms with Crippen LogP contribution in [0.1, 0.15) is 11.3 Å². The van der Waals surface area contributed by atoms with Crippen LogP contribution in [0, 0.1) is 11.8 Å². The third-order valence-corrected chi connectivity index (χ3v) is 6.07. The van der Waals surface area contributed by atoms with E-state index in [4.69, 9.17) is 5.14 Å². The van der Waals surface area contributed by atoms with E-state index in [9.17, 15) is 8.42 Å². The van der Waals surface area contributed by atoms with Crippen LogP contribution in [-0.4, -0.2) is 21.5 Å². The highest BCUT2D eigenvalue weighted by Gasteiger charge is 2.32. The molecule has 2 atom stereocenters. The second kappa shape index (κ2) is 3.91. The summed E-state index contributed by atoms with van der Waals surface area (Å²) in [7, 11) is -3.55. The van der Waals surface area contributed by atoms with Gasteiger partial charge in [-0.2, -0.15) is 0 Å². The number of nitrogens with two attached hydrogens (primary N) is 1. The Morgan fingerprint density at radius 1 is 1.35 bits per heavy atom. The van der Waals surface area contributed by atoms with Gasteiger partial charge in [-0.05, 0) is 42.5 Å². The number of primary sulfonamides is 1. The van der Waals surface area contributed by atoms with Gasteiger partial charge in [0.15, 0.2) is 0 Å². The van der Waals surface area contributed by atoms with E-state index in [1.54, 1.807) is 6.07 Å². The molecule has 17 heavy (non-hydrogen) atoms. The van der Waals surface area contributed by atoms with Gasteiger partial charge in [-0.3, -0.25) is 0 Å². The molecule has 1 aromatic heterocycles. The summed E-state index contributed by atoms with van der Waals surface area (Å²) < 4.78 is 22.7. The normalized spacial score (nSPS) is 28.2. The van der Waals surface area contributed by atoms with Gasteiger partial charge in [0.1, 0.15) is 4.21 Å². The van der Waals surface area contributed by atoms with Crippen molar-refractivity contribution in [3.63, 3.8) is 0 Å². The Bertz CT molecular complexity index is 574. The minimum absolute atomic E-state index is 0.253. The van der Waals surface area contributed by atoms with Gasteiger partial charge in [0.2, 0.25) is 10.0 Å². The Kier molecular flexibility index (Phi) is 2.62. The average molecular weight is 270 g/mol. The largest absolute Gasteiger partial charge is 0.316 e. The molecule has 1 fully saturated rings. The van der Waals surface area contributed by atoms with Gasteiger partial charge < -0.3 is 5.32 Å². The Balaban J connectivity index is 1.89. The fourth-order valence-electron chi connectivity index (χ4n) is 2.61. The first-order valence-electron chi connectivity index (χ1n) is 5.58. The van der Waals surface area contributed by atoms with Crippen LogP contribution in [0.4, 0.5) is 0 Å². The van der Waals surface area contributed by atoms with E-state index in [1.807, 2.05) is 6.07 Å². The number of fused-ring (bicyclic) bond motifs is 1. The molecule has 3 N–H and O–H groups in total. The molecular formula is C11H14N2O2S2. The lowest BCUT2D eigenvalue weighted by Crippen LogP contribution is -2.09. The summed E-state index contributed by atoms with van der Waals surface area (Å²) in [6, 6.07) is 3.47. The van der Waals surface area contributed by atoms with Crippen LogP contribution in [0.25, 0.3) is 5.57 Å². The summed E-state index contributed by atoms with van der Waals surface area (Å²) in [6.07, 6.45) is 3.33. The van der Waals surface area contributed by atoms with Crippen molar-refractivity contribution in [2.24, 2.45) is 17.0 Å². The number of rotatable bonds is 2. The van der Waals surface area contributed by atoms with Crippen LogP contribution in [-0.2, 0) is 10.0 Å². The highest BCUT2D eigenvalue weighted by molar-refractivity contribution is 7.91. The number of nitrogens with one attached hydrogen (secondary N) is 1. The first-order chi connectivity index (χ1) is 8.04. The van der Waals surface area contributed by atoms with E-state index >= 15 is 0 Å². The molecule has 0 saturated carbocycles. The average Bonchev–Trinajstić information content (AvgIpc) is 2.90. The Hall–Kier alpha value is -0.690. The van der Waals surface area contributed by atoms with Crippen LogP contribution in [0.15, 0.2) is 22.4 Å². The van der Waals surface area contributed by atoms with E-state index in [2.05, 4.69) is 11.4 Å². The van der Waals surface area contributed by atoms with Gasteiger partial charge in [-0.25, -0.2) is 13.6 Å². The molecule has 1 aliphatic carbocycles. The van der Waals surface area contributed by atoms with E-state index in [1.165, 1.54) is 16.9 Å². The number of sulfonamides is 1. The number of allylic oxidation sites excluding steroid dienone is 1. The molecule has 0 radical (unpaired) electrons. The van der Waals surface area contributed by atoms with Gasteiger partial charge in [0.05, 0.1) is 0 Å². The smallest absolute Gasteiger partial charge is 0.247 e. The Labute approximate surface area is 105 Å². The standard InChI is InChI=1S/C11H14N2O2S2/c12-17(14,15)11-2-1-10(16-11)7-3-8-5-13-6-9(8)4-7/h1-3,8-9,13H,4-6H2,(H2,12,14,15). The highest BCUT2D eigenvalue weighted by atomic mass is 32.2. The van der Waals surface area contributed by atoms with Crippen molar-refractivity contribution in [1.82, 2.24) is 5.32 Å². The third-order valence-electron chi connectivity index (χ3n) is 3.47. The minimum Gasteiger partial charge on any atom is -0.316 e. The molecule has 1 aliphatic heterocycles. The van der Waals surface area contributed by atoms with Crippen molar-refractivity contribution in [3.05, 3.63) is 23.1 Å². The lowest BCUT2D eigenvalue weighted by Gasteiger charge is -2.04. The first kappa shape index (κ1) is 11.4. The van der Waals surface area contributed by atoms with Crippen LogP contribution in [0.3, 0.4) is 0 Å². The Morgan fingerprint density at radius 3 is 2.82 bits per heavy atom. The fraction of sp³-hybridized carbons (Fsp3) is 0.455. The maximum absolute atomic E-state index is 11.2. The zero-order chi connectivity index (χ0) is 12.0. The van der Waals surface area contributed by atoms with Crippen molar-refractivity contribution in [2.45, 2.75) is 10.6 Å². The molecule has 2 unspecified atom stereocenters. The van der Waals surface area contributed by atoms with Crippen LogP contribution < -0.4 is 10.5 Å². The molecule has 0 aromatic carbocycles. The summed E-state index contributed by atoms with van der Waals surface area (Å²) >= 11 is 1.27. The molecule has 3 rings (SSSR count). The predicted octanol–water partition coefficient (Wildman–Crippen LogP) is 1.02. The SMILES string of the molecule is NS(=O)(=O)c1ccc(C2=CC3CNCC3C2)s1. The second-order valence-electron chi connectivity index (χ2n) is 4.64. The molecule has 6 heteroatoms. The van der Waals surface area contributed by atoms with Gasteiger partial charge in [0.25, 0.3) is 0 Å². The molecule has 2 aliphatic rings. The van der Waals surface area contributed by atoms with Crippen LogP contribution >= 0.6 is 11.3 Å². The molecular weight excluding hydrogens is 256 g/mol. The zero-order valence-corrected chi connectivity index (χ0v) is 10.9. The Morgan fingerprint density at radius 2 is 2.18 bits per heavy atom. The monoisotopic (exact) mass is 270 g/mol. The summed E-state index contributed by atoms with van der Waals surface area (Å²) in [5.74, 6) is 1.30. The van der Waals surface area contributed by atoms with Crippen molar-refractivity contribution >= 4 is 26.9 Å². The van der Waals surface area contributed by atoms with Crippen molar-refractivity contribution < 1.29 is 8.42 Å². The van der Waals surface area contributed by atoms with E-state index in [0.717, 1.165) is 24.4 Å². The van der Waals surface area contributed by atoms with E-state index in [-0.39, 0.29) is 4.21 Å². The second-order valence-corrected chi connectivity index (χ2v) is 7.51. The molecule has 92 valence electrons. The summed E-state index contributed by atoms with van der Waals surface area (Å²) in [6.45, 7) is 2.11. The fourth-order valence-corrected chi connectivity index (χ4v) is 4.37. The quantitative estimate of drug-likeness (QED) is 0.842. The molecule has 0 bridgehead atoms. The van der Waals surface area contributed by atoms with E-state index < -0.39 is 10.0 Å². The maximum atomic E-state index is 11.2. The van der Waals surface area contributed by atoms with Crippen LogP contribution in [0.5, 0.6) is 0 Å². The first-order valence-corrected chi connectivity index (χ1v) is 7.95. The van der Waals surface area contributed by atoms with Gasteiger partial charge in [-0.15, -0.1) is 11.3 Å². The van der Waals surface area contributed by atoms with Gasteiger partial charge in [-0.1, -0.05) is 6.08 Å². The topological polar surface area (TPSA) is 72.2 Å². The van der Waals surface area contributed by atoms with Crippen molar-refractivity contribution in [3.8, 4) is 0 Å². The van der Waals surface area contributed by atoms with Crippen molar-refractivity contribution in [2.75, 3.05) is 13.1 Å². The minimum atomic E-state index is -3.55. The number of thiophene rings is 1. The summed E-state index contributed by atoms with van der Waals surface area (Å²) in [4.78, 5) is 1.04. The molecule has 1 saturated heterocycles. The lowest BCUT2D eigenvalue weighted by atomic mass is 10.00. The molecule has 1 aromatic rings. The summed E-state index contributed by atoms with van der Waals surface area (Å²) in [5.41, 5.74) is 1.28. The maximum Gasteiger partial charge on any atom is 0.247 e. The van der Waals surface area contributed by atoms with Crippen LogP contribution in [0.2, 0.25) is 0 Å². The highest BCUT2D eigenvalue weighted by Crippen LogP contribution is 2.40. The number of hydrogen-bond donors (Lipinski definition) is 2. The lowest BCUT2D eigenvalue weighted by molar-refractivity contribution is 0.536. The molecule has 0 amide bonds. The third kappa shape index (κ3) is 2.06. The van der Waals surface area contributed by atoms with E-state index in [0.29, 0.717) is 11.8 Å². The zero-order valence-electron chi connectivity index (χ0n) is 9.22. The van der Waals surface area contributed by atoms with Crippen molar-refractivity contribution in [1.29, 1.82) is 0 Å². The predicted molar refractivity (Wildman–Crippen MR) is 68.1 cm³/mol. The molecule has 4 nitrogen and oxygen atoms in total. The number of hydrogen-bond acceptors (Lipinski definition) is 4. The molecule has 0 spiro atoms. The molecule has 2 heterocycles. The van der Waals surface area contributed by atoms with Gasteiger partial charge >= 0.3 is 0 Å². The van der Waals surface area contributed by atoms with Gasteiger partial charge in [0, 0.05) is 11.4 Å².